The minimum atomic E-state index is 0.289. The predicted molar refractivity (Wildman–Crippen MR) is 56.5 cm³/mol. The van der Waals surface area contributed by atoms with Crippen molar-refractivity contribution in [3.05, 3.63) is 17.5 Å². The Hall–Kier alpha value is -1.21. The number of nitrogen functional groups attached to an aromatic ring is 1. The van der Waals surface area contributed by atoms with Crippen LogP contribution in [0.15, 0.2) is 6.20 Å². The molecule has 0 aliphatic heterocycles. The molecule has 0 bridgehead atoms. The number of thiol groups is 1. The Labute approximate surface area is 83.2 Å². The highest BCUT2D eigenvalue weighted by atomic mass is 32.1. The van der Waals surface area contributed by atoms with Crippen molar-refractivity contribution in [1.82, 2.24) is 9.97 Å². The number of nitrogens with zero attached hydrogens (tertiary/aromatic N) is 2. The van der Waals surface area contributed by atoms with Crippen LogP contribution in [-0.4, -0.2) is 15.7 Å². The van der Waals surface area contributed by atoms with Gasteiger partial charge in [0.2, 0.25) is 5.95 Å². The highest BCUT2D eigenvalue weighted by Gasteiger charge is 1.96. The van der Waals surface area contributed by atoms with E-state index in [9.17, 15) is 0 Å². The van der Waals surface area contributed by atoms with Crippen LogP contribution < -0.4 is 5.73 Å². The largest absolute Gasteiger partial charge is 0.368 e. The molecule has 0 saturated carbocycles. The van der Waals surface area contributed by atoms with E-state index in [1.807, 2.05) is 6.92 Å². The van der Waals surface area contributed by atoms with Crippen molar-refractivity contribution in [1.29, 1.82) is 0 Å². The first-order valence-corrected chi connectivity index (χ1v) is 4.56. The molecule has 0 radical (unpaired) electrons. The van der Waals surface area contributed by atoms with E-state index in [4.69, 9.17) is 5.73 Å². The molecule has 0 unspecified atom stereocenters. The van der Waals surface area contributed by atoms with E-state index >= 15 is 0 Å². The molecule has 2 N–H and O–H groups in total. The third-order valence-electron chi connectivity index (χ3n) is 1.46. The Morgan fingerprint density at radius 1 is 1.62 bits per heavy atom. The Bertz CT molecular complexity index is 352. The molecular weight excluding hydrogens is 182 g/mol. The lowest BCUT2D eigenvalue weighted by molar-refractivity contribution is 1.10. The smallest absolute Gasteiger partial charge is 0.220 e. The van der Waals surface area contributed by atoms with Crippen LogP contribution in [-0.2, 0) is 0 Å². The lowest BCUT2D eigenvalue weighted by Gasteiger charge is -1.96. The molecule has 0 aliphatic carbocycles. The summed E-state index contributed by atoms with van der Waals surface area (Å²) in [6.45, 7) is 1.86. The monoisotopic (exact) mass is 193 g/mol. The molecule has 0 fully saturated rings. The number of nitrogens with two attached hydrogens (primary N) is 1. The van der Waals surface area contributed by atoms with Crippen molar-refractivity contribution in [3.63, 3.8) is 0 Å². The van der Waals surface area contributed by atoms with Crippen molar-refractivity contribution < 1.29 is 0 Å². The zero-order valence-corrected chi connectivity index (χ0v) is 8.30. The number of anilines is 1. The summed E-state index contributed by atoms with van der Waals surface area (Å²) in [5.41, 5.74) is 7.05. The fourth-order valence-electron chi connectivity index (χ4n) is 0.821. The lowest BCUT2D eigenvalue weighted by atomic mass is 10.2. The van der Waals surface area contributed by atoms with Gasteiger partial charge in [-0.25, -0.2) is 9.97 Å². The molecule has 1 rings (SSSR count). The third-order valence-corrected chi connectivity index (χ3v) is 1.68. The van der Waals surface area contributed by atoms with Gasteiger partial charge in [0.15, 0.2) is 0 Å². The van der Waals surface area contributed by atoms with E-state index in [2.05, 4.69) is 34.4 Å². The van der Waals surface area contributed by atoms with Gasteiger partial charge >= 0.3 is 0 Å². The molecule has 1 aromatic rings. The van der Waals surface area contributed by atoms with Gasteiger partial charge in [-0.1, -0.05) is 11.8 Å². The zero-order valence-electron chi connectivity index (χ0n) is 7.41. The topological polar surface area (TPSA) is 51.8 Å². The molecule has 4 heteroatoms. The van der Waals surface area contributed by atoms with E-state index in [0.717, 1.165) is 23.4 Å². The maximum absolute atomic E-state index is 5.40. The second kappa shape index (κ2) is 4.73. The van der Waals surface area contributed by atoms with Crippen LogP contribution in [0.3, 0.4) is 0 Å². The van der Waals surface area contributed by atoms with Crippen molar-refractivity contribution in [2.45, 2.75) is 13.3 Å². The molecule has 0 spiro atoms. The predicted octanol–water partition coefficient (Wildman–Crippen LogP) is 1.04. The van der Waals surface area contributed by atoms with Crippen LogP contribution in [0.1, 0.15) is 17.7 Å². The summed E-state index contributed by atoms with van der Waals surface area (Å²) in [6, 6.07) is 0. The molecule has 0 aromatic carbocycles. The summed E-state index contributed by atoms with van der Waals surface area (Å²) < 4.78 is 0. The van der Waals surface area contributed by atoms with Gasteiger partial charge in [-0.3, -0.25) is 0 Å². The summed E-state index contributed by atoms with van der Waals surface area (Å²) in [5.74, 6) is 6.98. The van der Waals surface area contributed by atoms with Gasteiger partial charge in [-0.05, 0) is 6.92 Å². The second-order valence-corrected chi connectivity index (χ2v) is 2.95. The number of aryl methyl sites for hydroxylation is 1. The second-order valence-electron chi connectivity index (χ2n) is 2.50. The maximum atomic E-state index is 5.40. The number of hydrogen-bond donors (Lipinski definition) is 2. The zero-order chi connectivity index (χ0) is 9.68. The average molecular weight is 193 g/mol. The molecule has 0 aliphatic rings. The molecule has 1 aromatic heterocycles. The Balaban J connectivity index is 2.85. The van der Waals surface area contributed by atoms with Crippen LogP contribution in [0.4, 0.5) is 5.95 Å². The molecule has 13 heavy (non-hydrogen) atoms. The van der Waals surface area contributed by atoms with E-state index in [0.29, 0.717) is 0 Å². The van der Waals surface area contributed by atoms with Gasteiger partial charge < -0.3 is 5.73 Å². The van der Waals surface area contributed by atoms with Crippen molar-refractivity contribution in [2.75, 3.05) is 11.5 Å². The van der Waals surface area contributed by atoms with E-state index in [-0.39, 0.29) is 5.95 Å². The molecule has 3 nitrogen and oxygen atoms in total. The van der Waals surface area contributed by atoms with E-state index < -0.39 is 0 Å². The summed E-state index contributed by atoms with van der Waals surface area (Å²) in [6.07, 6.45) is 2.41. The van der Waals surface area contributed by atoms with Crippen molar-refractivity contribution >= 4 is 18.6 Å². The molecular formula is C9H11N3S. The number of hydrogen-bond acceptors (Lipinski definition) is 4. The van der Waals surface area contributed by atoms with Gasteiger partial charge in [0.25, 0.3) is 0 Å². The Morgan fingerprint density at radius 3 is 3.00 bits per heavy atom. The first kappa shape index (κ1) is 9.87. The first-order valence-electron chi connectivity index (χ1n) is 3.93. The summed E-state index contributed by atoms with van der Waals surface area (Å²) in [5, 5.41) is 0. The van der Waals surface area contributed by atoms with Crippen LogP contribution in [0.5, 0.6) is 0 Å². The minimum Gasteiger partial charge on any atom is -0.368 e. The normalized spacial score (nSPS) is 9.08. The van der Waals surface area contributed by atoms with Crippen LogP contribution in [0.2, 0.25) is 0 Å². The highest BCUT2D eigenvalue weighted by molar-refractivity contribution is 7.80. The fraction of sp³-hybridized carbons (Fsp3) is 0.333. The number of rotatable bonds is 1. The van der Waals surface area contributed by atoms with Gasteiger partial charge in [0.1, 0.15) is 0 Å². The lowest BCUT2D eigenvalue weighted by Crippen LogP contribution is -1.98. The molecule has 0 atom stereocenters. The average Bonchev–Trinajstić information content (AvgIpc) is 2.09. The molecule has 68 valence electrons. The van der Waals surface area contributed by atoms with Crippen LogP contribution in [0, 0.1) is 18.8 Å². The van der Waals surface area contributed by atoms with Crippen molar-refractivity contribution in [3.8, 4) is 11.8 Å². The fourth-order valence-corrected chi connectivity index (χ4v) is 0.933. The molecule has 0 saturated heterocycles. The van der Waals surface area contributed by atoms with Crippen molar-refractivity contribution in [2.24, 2.45) is 0 Å². The summed E-state index contributed by atoms with van der Waals surface area (Å²) >= 11 is 4.06. The van der Waals surface area contributed by atoms with E-state index in [1.165, 1.54) is 0 Å². The maximum Gasteiger partial charge on any atom is 0.220 e. The molecule has 1 heterocycles. The SMILES string of the molecule is Cc1nc(N)ncc1C#CCCS. The van der Waals surface area contributed by atoms with Crippen LogP contribution >= 0.6 is 12.6 Å². The van der Waals surface area contributed by atoms with Gasteiger partial charge in [0, 0.05) is 18.4 Å². The van der Waals surface area contributed by atoms with E-state index in [1.54, 1.807) is 6.20 Å². The van der Waals surface area contributed by atoms with Crippen LogP contribution in [0.25, 0.3) is 0 Å². The third kappa shape index (κ3) is 2.96. The van der Waals surface area contributed by atoms with Gasteiger partial charge in [0.05, 0.1) is 11.3 Å². The summed E-state index contributed by atoms with van der Waals surface area (Å²) in [4.78, 5) is 7.86. The molecule has 0 amide bonds. The standard InChI is InChI=1S/C9H11N3S/c1-7-8(4-2-3-5-13)6-11-9(10)12-7/h6,13H,3,5H2,1H3,(H2,10,11,12). The van der Waals surface area contributed by atoms with Gasteiger partial charge in [-0.15, -0.1) is 0 Å². The summed E-state index contributed by atoms with van der Waals surface area (Å²) in [7, 11) is 0. The Morgan fingerprint density at radius 2 is 2.38 bits per heavy atom. The van der Waals surface area contributed by atoms with Gasteiger partial charge in [-0.2, -0.15) is 12.6 Å². The minimum absolute atomic E-state index is 0.289. The Kier molecular flexibility index (Phi) is 3.59. The quantitative estimate of drug-likeness (QED) is 0.517. The highest BCUT2D eigenvalue weighted by Crippen LogP contribution is 2.02. The number of aromatic nitrogens is 2. The first-order chi connectivity index (χ1) is 6.24.